The van der Waals surface area contributed by atoms with Crippen molar-refractivity contribution in [3.8, 4) is 0 Å². The Hall–Kier alpha value is -0.860. The standard InChI is InChI=1S/C20H34N4O.HI/c1-4-19(15-23-20(21-5-2)22-12-14-25-6-3)24-13-11-17-9-7-8-10-18(17)16-24;/h7-10,19H,4-6,11-16H2,1-3H3,(H2,21,22,23);1H. The number of aliphatic imine (C=N–C) groups is 1. The largest absolute Gasteiger partial charge is 0.380 e. The third-order valence-corrected chi connectivity index (χ3v) is 4.70. The smallest absolute Gasteiger partial charge is 0.191 e. The van der Waals surface area contributed by atoms with Gasteiger partial charge in [0.15, 0.2) is 5.96 Å². The molecule has 1 unspecified atom stereocenters. The van der Waals surface area contributed by atoms with E-state index in [0.29, 0.717) is 12.6 Å². The third kappa shape index (κ3) is 7.40. The van der Waals surface area contributed by atoms with E-state index in [1.54, 1.807) is 0 Å². The molecule has 2 rings (SSSR count). The number of benzene rings is 1. The molecule has 26 heavy (non-hydrogen) atoms. The van der Waals surface area contributed by atoms with Gasteiger partial charge in [-0.15, -0.1) is 24.0 Å². The summed E-state index contributed by atoms with van der Waals surface area (Å²) in [5, 5.41) is 6.67. The van der Waals surface area contributed by atoms with Gasteiger partial charge in [-0.3, -0.25) is 9.89 Å². The van der Waals surface area contributed by atoms with E-state index >= 15 is 0 Å². The molecule has 0 radical (unpaired) electrons. The van der Waals surface area contributed by atoms with Crippen molar-refractivity contribution in [1.82, 2.24) is 15.5 Å². The van der Waals surface area contributed by atoms with Crippen molar-refractivity contribution < 1.29 is 4.74 Å². The maximum atomic E-state index is 5.38. The molecule has 6 heteroatoms. The highest BCUT2D eigenvalue weighted by molar-refractivity contribution is 14.0. The van der Waals surface area contributed by atoms with Crippen LogP contribution >= 0.6 is 24.0 Å². The highest BCUT2D eigenvalue weighted by Gasteiger charge is 2.22. The van der Waals surface area contributed by atoms with E-state index in [1.165, 1.54) is 11.1 Å². The molecular formula is C20H35IN4O. The van der Waals surface area contributed by atoms with Gasteiger partial charge < -0.3 is 15.4 Å². The van der Waals surface area contributed by atoms with Crippen LogP contribution in [0.1, 0.15) is 38.3 Å². The van der Waals surface area contributed by atoms with E-state index in [4.69, 9.17) is 9.73 Å². The molecule has 1 heterocycles. The first-order valence-electron chi connectivity index (χ1n) is 9.69. The molecule has 1 aromatic carbocycles. The van der Waals surface area contributed by atoms with E-state index < -0.39 is 0 Å². The van der Waals surface area contributed by atoms with Gasteiger partial charge in [-0.05, 0) is 37.8 Å². The van der Waals surface area contributed by atoms with Crippen molar-refractivity contribution in [2.75, 3.05) is 39.4 Å². The first-order valence-corrected chi connectivity index (χ1v) is 9.69. The van der Waals surface area contributed by atoms with Crippen LogP contribution in [0.2, 0.25) is 0 Å². The van der Waals surface area contributed by atoms with Crippen LogP contribution in [-0.4, -0.2) is 56.3 Å². The molecule has 1 aliphatic heterocycles. The summed E-state index contributed by atoms with van der Waals surface area (Å²) < 4.78 is 5.38. The van der Waals surface area contributed by atoms with Crippen molar-refractivity contribution in [3.63, 3.8) is 0 Å². The molecule has 0 bridgehead atoms. The van der Waals surface area contributed by atoms with Crippen molar-refractivity contribution in [2.24, 2.45) is 4.99 Å². The lowest BCUT2D eigenvalue weighted by atomic mass is 9.98. The second-order valence-electron chi connectivity index (χ2n) is 6.39. The number of guanidine groups is 1. The number of nitrogens with zero attached hydrogens (tertiary/aromatic N) is 2. The molecule has 0 fully saturated rings. The van der Waals surface area contributed by atoms with E-state index in [2.05, 4.69) is 53.6 Å². The van der Waals surface area contributed by atoms with Crippen LogP contribution < -0.4 is 10.6 Å². The zero-order valence-electron chi connectivity index (χ0n) is 16.5. The SMILES string of the molecule is CCNC(=NCC(CC)N1CCc2ccccc2C1)NCCOCC.I. The summed E-state index contributed by atoms with van der Waals surface area (Å²) in [5.41, 5.74) is 2.97. The van der Waals surface area contributed by atoms with E-state index in [9.17, 15) is 0 Å². The van der Waals surface area contributed by atoms with Crippen molar-refractivity contribution in [3.05, 3.63) is 35.4 Å². The summed E-state index contributed by atoms with van der Waals surface area (Å²) in [4.78, 5) is 7.39. The summed E-state index contributed by atoms with van der Waals surface area (Å²) in [7, 11) is 0. The Labute approximate surface area is 176 Å². The molecule has 1 aromatic rings. The van der Waals surface area contributed by atoms with Crippen molar-refractivity contribution in [2.45, 2.75) is 46.2 Å². The van der Waals surface area contributed by atoms with Gasteiger partial charge in [0.2, 0.25) is 0 Å². The Balaban J connectivity index is 0.00000338. The predicted octanol–water partition coefficient (Wildman–Crippen LogP) is 3.03. The fourth-order valence-electron chi connectivity index (χ4n) is 3.26. The summed E-state index contributed by atoms with van der Waals surface area (Å²) >= 11 is 0. The van der Waals surface area contributed by atoms with Crippen LogP contribution in [0.15, 0.2) is 29.3 Å². The third-order valence-electron chi connectivity index (χ3n) is 4.70. The highest BCUT2D eigenvalue weighted by Crippen LogP contribution is 2.21. The Morgan fingerprint density at radius 1 is 1.19 bits per heavy atom. The first-order chi connectivity index (χ1) is 12.3. The van der Waals surface area contributed by atoms with Crippen molar-refractivity contribution >= 4 is 29.9 Å². The summed E-state index contributed by atoms with van der Waals surface area (Å²) in [6.45, 7) is 12.5. The molecule has 0 saturated carbocycles. The number of nitrogens with one attached hydrogen (secondary N) is 2. The number of fused-ring (bicyclic) bond motifs is 1. The monoisotopic (exact) mass is 474 g/mol. The van der Waals surface area contributed by atoms with Gasteiger partial charge in [-0.2, -0.15) is 0 Å². The summed E-state index contributed by atoms with van der Waals surface area (Å²) in [5.74, 6) is 0.887. The van der Waals surface area contributed by atoms with Crippen LogP contribution in [0.3, 0.4) is 0 Å². The average molecular weight is 474 g/mol. The lowest BCUT2D eigenvalue weighted by Crippen LogP contribution is -2.43. The second-order valence-corrected chi connectivity index (χ2v) is 6.39. The Morgan fingerprint density at radius 2 is 1.96 bits per heavy atom. The van der Waals surface area contributed by atoms with Crippen LogP contribution in [0.5, 0.6) is 0 Å². The van der Waals surface area contributed by atoms with Gasteiger partial charge >= 0.3 is 0 Å². The number of rotatable bonds is 9. The first kappa shape index (κ1) is 23.2. The van der Waals surface area contributed by atoms with Crippen LogP contribution in [0.4, 0.5) is 0 Å². The Bertz CT molecular complexity index is 538. The quantitative estimate of drug-likeness (QED) is 0.250. The fraction of sp³-hybridized carbons (Fsp3) is 0.650. The maximum Gasteiger partial charge on any atom is 0.191 e. The summed E-state index contributed by atoms with van der Waals surface area (Å²) in [6.07, 6.45) is 2.26. The number of halogens is 1. The highest BCUT2D eigenvalue weighted by atomic mass is 127. The maximum absolute atomic E-state index is 5.38. The minimum atomic E-state index is 0. The minimum Gasteiger partial charge on any atom is -0.380 e. The molecule has 1 aliphatic rings. The zero-order chi connectivity index (χ0) is 17.9. The number of ether oxygens (including phenoxy) is 1. The van der Waals surface area contributed by atoms with Crippen molar-refractivity contribution in [1.29, 1.82) is 0 Å². The van der Waals surface area contributed by atoms with E-state index in [0.717, 1.165) is 58.1 Å². The lowest BCUT2D eigenvalue weighted by molar-refractivity contribution is 0.152. The Morgan fingerprint density at radius 3 is 2.65 bits per heavy atom. The molecule has 148 valence electrons. The van der Waals surface area contributed by atoms with Crippen LogP contribution in [0.25, 0.3) is 0 Å². The predicted molar refractivity (Wildman–Crippen MR) is 121 cm³/mol. The van der Waals surface area contributed by atoms with Gasteiger partial charge in [0.1, 0.15) is 0 Å². The van der Waals surface area contributed by atoms with Gasteiger partial charge in [0.25, 0.3) is 0 Å². The second kappa shape index (κ2) is 13.3. The molecule has 0 amide bonds. The van der Waals surface area contributed by atoms with E-state index in [-0.39, 0.29) is 24.0 Å². The van der Waals surface area contributed by atoms with Gasteiger partial charge in [-0.1, -0.05) is 31.2 Å². The van der Waals surface area contributed by atoms with Crippen LogP contribution in [0, 0.1) is 0 Å². The summed E-state index contributed by atoms with van der Waals surface area (Å²) in [6, 6.07) is 9.30. The molecular weight excluding hydrogens is 439 g/mol. The van der Waals surface area contributed by atoms with Gasteiger partial charge in [0.05, 0.1) is 13.2 Å². The minimum absolute atomic E-state index is 0. The van der Waals surface area contributed by atoms with E-state index in [1.807, 2.05) is 6.92 Å². The van der Waals surface area contributed by atoms with Crippen LogP contribution in [-0.2, 0) is 17.7 Å². The molecule has 0 spiro atoms. The Kier molecular flexibility index (Phi) is 11.9. The molecule has 0 aromatic heterocycles. The molecule has 0 aliphatic carbocycles. The fourth-order valence-corrected chi connectivity index (χ4v) is 3.26. The molecule has 2 N–H and O–H groups in total. The number of hydrogen-bond acceptors (Lipinski definition) is 3. The number of hydrogen-bond donors (Lipinski definition) is 2. The molecule has 0 saturated heterocycles. The molecule has 1 atom stereocenters. The topological polar surface area (TPSA) is 48.9 Å². The average Bonchev–Trinajstić information content (AvgIpc) is 2.65. The normalized spacial score (nSPS) is 15.7. The molecule has 5 nitrogen and oxygen atoms in total. The lowest BCUT2D eigenvalue weighted by Gasteiger charge is -2.34. The van der Waals surface area contributed by atoms with Gasteiger partial charge in [0, 0.05) is 38.8 Å². The zero-order valence-corrected chi connectivity index (χ0v) is 18.8. The van der Waals surface area contributed by atoms with Gasteiger partial charge in [-0.25, -0.2) is 0 Å².